The Hall–Kier alpha value is -3.66. The molecular weight excluding hydrogens is 368 g/mol. The molecule has 27 heavy (non-hydrogen) atoms. The Morgan fingerprint density at radius 2 is 1.85 bits per heavy atom. The van der Waals surface area contributed by atoms with Crippen LogP contribution < -0.4 is 5.69 Å². The Kier molecular flexibility index (Phi) is 3.13. The number of pyridine rings is 1. The number of aromatic nitrogens is 6. The summed E-state index contributed by atoms with van der Waals surface area (Å²) in [7, 11) is -3.81. The molecule has 0 fully saturated rings. The Bertz CT molecular complexity index is 1440. The summed E-state index contributed by atoms with van der Waals surface area (Å²) in [6, 6.07) is 9.75. The first-order valence-electron chi connectivity index (χ1n) is 7.98. The standard InChI is InChI=1S/C17H12N6O3S/c24-17-21-14-10-18-16-13(15(14)23(17)11-8-19-20-9-11)6-7-22(16)27(25,26)12-4-2-1-3-5-12/h1-10H,(H,19,20)(H,21,24). The summed E-state index contributed by atoms with van der Waals surface area (Å²) < 4.78 is 28.5. The molecule has 4 heterocycles. The van der Waals surface area contributed by atoms with Crippen molar-refractivity contribution in [3.63, 3.8) is 0 Å². The molecule has 0 amide bonds. The van der Waals surface area contributed by atoms with Gasteiger partial charge < -0.3 is 4.98 Å². The summed E-state index contributed by atoms with van der Waals surface area (Å²) in [6.07, 6.45) is 5.99. The van der Waals surface area contributed by atoms with Crippen LogP contribution in [0.15, 0.2) is 70.9 Å². The number of H-pyrrole nitrogens is 2. The largest absolute Gasteiger partial charge is 0.331 e. The van der Waals surface area contributed by atoms with Gasteiger partial charge in [-0.2, -0.15) is 5.10 Å². The molecule has 0 spiro atoms. The molecule has 0 unspecified atom stereocenters. The molecule has 4 aromatic heterocycles. The van der Waals surface area contributed by atoms with Crippen LogP contribution in [0, 0.1) is 0 Å². The van der Waals surface area contributed by atoms with E-state index in [2.05, 4.69) is 20.2 Å². The van der Waals surface area contributed by atoms with Crippen LogP contribution in [-0.2, 0) is 10.0 Å². The van der Waals surface area contributed by atoms with E-state index in [0.29, 0.717) is 22.1 Å². The SMILES string of the molecule is O=c1[nH]c2cnc3c(ccn3S(=O)(=O)c3ccccc3)c2n1-c1cn[nH]c1. The third-order valence-corrected chi connectivity index (χ3v) is 6.04. The van der Waals surface area contributed by atoms with Gasteiger partial charge in [-0.05, 0) is 18.2 Å². The van der Waals surface area contributed by atoms with E-state index in [9.17, 15) is 13.2 Å². The van der Waals surface area contributed by atoms with E-state index >= 15 is 0 Å². The van der Waals surface area contributed by atoms with E-state index in [0.717, 1.165) is 3.97 Å². The zero-order valence-corrected chi connectivity index (χ0v) is 14.5. The van der Waals surface area contributed by atoms with Gasteiger partial charge in [-0.3, -0.25) is 9.67 Å². The summed E-state index contributed by atoms with van der Waals surface area (Å²) in [5, 5.41) is 7.08. The molecule has 9 nitrogen and oxygen atoms in total. The summed E-state index contributed by atoms with van der Waals surface area (Å²) >= 11 is 0. The normalized spacial score (nSPS) is 12.1. The smallest absolute Gasteiger partial charge is 0.304 e. The zero-order valence-electron chi connectivity index (χ0n) is 13.7. The van der Waals surface area contributed by atoms with Crippen LogP contribution in [0.5, 0.6) is 0 Å². The molecule has 0 atom stereocenters. The topological polar surface area (TPSA) is 118 Å². The second kappa shape index (κ2) is 5.42. The fourth-order valence-corrected chi connectivity index (χ4v) is 4.49. The molecule has 0 aliphatic carbocycles. The molecule has 1 aromatic carbocycles. The molecule has 0 aliphatic rings. The minimum Gasteiger partial charge on any atom is -0.304 e. The number of hydrogen-bond acceptors (Lipinski definition) is 5. The van der Waals surface area contributed by atoms with Crippen molar-refractivity contribution in [2.24, 2.45) is 0 Å². The van der Waals surface area contributed by atoms with Crippen molar-refractivity contribution in [1.82, 2.24) is 28.7 Å². The third-order valence-electron chi connectivity index (χ3n) is 4.36. The molecule has 5 aromatic rings. The van der Waals surface area contributed by atoms with Gasteiger partial charge in [-0.15, -0.1) is 0 Å². The van der Waals surface area contributed by atoms with Crippen molar-refractivity contribution in [2.75, 3.05) is 0 Å². The van der Waals surface area contributed by atoms with Crippen LogP contribution in [0.2, 0.25) is 0 Å². The lowest BCUT2D eigenvalue weighted by Gasteiger charge is -2.07. The number of rotatable bonds is 3. The minimum atomic E-state index is -3.81. The van der Waals surface area contributed by atoms with Gasteiger partial charge in [0.15, 0.2) is 5.65 Å². The van der Waals surface area contributed by atoms with E-state index < -0.39 is 10.0 Å². The number of nitrogens with zero attached hydrogens (tertiary/aromatic N) is 4. The highest BCUT2D eigenvalue weighted by Gasteiger charge is 2.22. The van der Waals surface area contributed by atoms with Crippen molar-refractivity contribution in [3.05, 3.63) is 71.7 Å². The second-order valence-electron chi connectivity index (χ2n) is 5.91. The molecule has 0 aliphatic heterocycles. The number of imidazole rings is 1. The lowest BCUT2D eigenvalue weighted by Crippen LogP contribution is -2.14. The fourth-order valence-electron chi connectivity index (χ4n) is 3.17. The van der Waals surface area contributed by atoms with Crippen molar-refractivity contribution in [1.29, 1.82) is 0 Å². The summed E-state index contributed by atoms with van der Waals surface area (Å²) in [6.45, 7) is 0. The number of hydrogen-bond donors (Lipinski definition) is 2. The van der Waals surface area contributed by atoms with Gasteiger partial charge in [0.1, 0.15) is 0 Å². The average molecular weight is 380 g/mol. The van der Waals surface area contributed by atoms with Gasteiger partial charge in [0.25, 0.3) is 10.0 Å². The monoisotopic (exact) mass is 380 g/mol. The zero-order chi connectivity index (χ0) is 18.6. The van der Waals surface area contributed by atoms with Gasteiger partial charge in [0.05, 0.1) is 34.0 Å². The quantitative estimate of drug-likeness (QED) is 0.493. The fraction of sp³-hybridized carbons (Fsp3) is 0. The first-order chi connectivity index (χ1) is 13.1. The Morgan fingerprint density at radius 3 is 2.59 bits per heavy atom. The maximum Gasteiger partial charge on any atom is 0.331 e. The van der Waals surface area contributed by atoms with Gasteiger partial charge in [0, 0.05) is 17.8 Å². The van der Waals surface area contributed by atoms with Crippen LogP contribution in [0.25, 0.3) is 27.8 Å². The highest BCUT2D eigenvalue weighted by molar-refractivity contribution is 7.90. The number of aromatic amines is 2. The van der Waals surface area contributed by atoms with Crippen LogP contribution in [-0.4, -0.2) is 37.1 Å². The van der Waals surface area contributed by atoms with E-state index in [-0.39, 0.29) is 16.2 Å². The van der Waals surface area contributed by atoms with Crippen LogP contribution in [0.1, 0.15) is 0 Å². The number of benzene rings is 1. The van der Waals surface area contributed by atoms with Crippen molar-refractivity contribution < 1.29 is 8.42 Å². The Labute approximate surface area is 152 Å². The summed E-state index contributed by atoms with van der Waals surface area (Å²) in [5.74, 6) is 0. The maximum atomic E-state index is 13.0. The van der Waals surface area contributed by atoms with Crippen molar-refractivity contribution in [2.45, 2.75) is 4.90 Å². The van der Waals surface area contributed by atoms with Crippen molar-refractivity contribution in [3.8, 4) is 5.69 Å². The van der Waals surface area contributed by atoms with Crippen LogP contribution >= 0.6 is 0 Å². The van der Waals surface area contributed by atoms with Gasteiger partial charge in [-0.25, -0.2) is 22.2 Å². The third kappa shape index (κ3) is 2.16. The Balaban J connectivity index is 1.85. The van der Waals surface area contributed by atoms with E-state index in [1.54, 1.807) is 30.5 Å². The molecule has 0 bridgehead atoms. The number of fused-ring (bicyclic) bond motifs is 3. The lowest BCUT2D eigenvalue weighted by molar-refractivity contribution is 0.589. The minimum absolute atomic E-state index is 0.158. The predicted molar refractivity (Wildman–Crippen MR) is 98.4 cm³/mol. The molecule has 2 N–H and O–H groups in total. The van der Waals surface area contributed by atoms with E-state index in [4.69, 9.17) is 0 Å². The first kappa shape index (κ1) is 15.6. The van der Waals surface area contributed by atoms with Gasteiger partial charge in [0.2, 0.25) is 0 Å². The Morgan fingerprint density at radius 1 is 1.04 bits per heavy atom. The molecule has 5 rings (SSSR count). The van der Waals surface area contributed by atoms with Crippen LogP contribution in [0.4, 0.5) is 0 Å². The average Bonchev–Trinajstić information content (AvgIpc) is 3.39. The molecule has 0 saturated heterocycles. The molecule has 0 radical (unpaired) electrons. The van der Waals surface area contributed by atoms with E-state index in [1.807, 2.05) is 0 Å². The maximum absolute atomic E-state index is 13.0. The molecule has 10 heteroatoms. The highest BCUT2D eigenvalue weighted by atomic mass is 32.2. The predicted octanol–water partition coefficient (Wildman–Crippen LogP) is 1.63. The summed E-state index contributed by atoms with van der Waals surface area (Å²) in [5.41, 5.74) is 1.45. The first-order valence-corrected chi connectivity index (χ1v) is 9.42. The highest BCUT2D eigenvalue weighted by Crippen LogP contribution is 2.27. The van der Waals surface area contributed by atoms with E-state index in [1.165, 1.54) is 35.3 Å². The molecule has 0 saturated carbocycles. The van der Waals surface area contributed by atoms with Gasteiger partial charge >= 0.3 is 5.69 Å². The number of nitrogens with one attached hydrogen (secondary N) is 2. The van der Waals surface area contributed by atoms with Crippen molar-refractivity contribution >= 4 is 32.1 Å². The molecular formula is C17H12N6O3S. The summed E-state index contributed by atoms with van der Waals surface area (Å²) in [4.78, 5) is 19.6. The lowest BCUT2D eigenvalue weighted by atomic mass is 10.3. The molecule has 134 valence electrons. The van der Waals surface area contributed by atoms with Crippen LogP contribution in [0.3, 0.4) is 0 Å². The second-order valence-corrected chi connectivity index (χ2v) is 7.72. The van der Waals surface area contributed by atoms with Gasteiger partial charge in [-0.1, -0.05) is 18.2 Å².